The van der Waals surface area contributed by atoms with Crippen molar-refractivity contribution >= 4 is 11.1 Å². The predicted octanol–water partition coefficient (Wildman–Crippen LogP) is 10.7. The summed E-state index contributed by atoms with van der Waals surface area (Å²) >= 11 is -2.31. The van der Waals surface area contributed by atoms with Gasteiger partial charge in [0.15, 0.2) is 0 Å². The fourth-order valence-electron chi connectivity index (χ4n) is 7.18. The SMILES string of the molecule is CC1=C2CCC3=C(C)c4ccccc4C3c3cc(C(F)(F)F)ccc3[O][Zr][O]c3ccc(C(F)(F)F)cc3C2c2ccccc21. The van der Waals surface area contributed by atoms with Gasteiger partial charge in [-0.3, -0.25) is 0 Å². The van der Waals surface area contributed by atoms with Crippen molar-refractivity contribution < 1.29 is 56.1 Å². The zero-order valence-corrected chi connectivity index (χ0v) is 26.7. The molecule has 1 aliphatic heterocycles. The standard InChI is InChI=1S/C36H28F6O2.Zr/c1-19-23-7-3-5-9-27(23)33(29-17-21(35(37,38)39)11-15-31(29)43)25(19)13-14-26-20(2)24-8-4-6-10-28(24)34(26)30-18-22(36(40,41)42)12-16-32(30)44;/h3-12,15-18,33-34,43-44H,13-14H2,1-2H3;/q;+2/p-2. The van der Waals surface area contributed by atoms with Crippen molar-refractivity contribution in [3.63, 3.8) is 0 Å². The molecule has 0 N–H and O–H groups in total. The first-order valence-corrected chi connectivity index (χ1v) is 16.5. The van der Waals surface area contributed by atoms with Gasteiger partial charge in [0.1, 0.15) is 0 Å². The van der Waals surface area contributed by atoms with E-state index in [4.69, 9.17) is 5.63 Å². The number of rotatable bonds is 0. The first-order valence-electron chi connectivity index (χ1n) is 14.5. The Hall–Kier alpha value is -3.58. The number of halogens is 6. The van der Waals surface area contributed by atoms with E-state index in [1.165, 1.54) is 24.3 Å². The molecule has 2 aliphatic carbocycles. The van der Waals surface area contributed by atoms with Crippen LogP contribution in [0, 0.1) is 0 Å². The summed E-state index contributed by atoms with van der Waals surface area (Å²) in [5.41, 5.74) is 7.00. The van der Waals surface area contributed by atoms with Crippen LogP contribution in [0.5, 0.6) is 11.5 Å². The van der Waals surface area contributed by atoms with Crippen molar-refractivity contribution in [2.24, 2.45) is 0 Å². The fourth-order valence-corrected chi connectivity index (χ4v) is 8.63. The van der Waals surface area contributed by atoms with E-state index in [-0.39, 0.29) is 0 Å². The Bertz CT molecular complexity index is 1770. The van der Waals surface area contributed by atoms with Gasteiger partial charge in [-0.25, -0.2) is 0 Å². The Morgan fingerprint density at radius 3 is 1.36 bits per heavy atom. The fraction of sp³-hybridized carbons (Fsp3) is 0.222. The Morgan fingerprint density at radius 1 is 0.556 bits per heavy atom. The maximum absolute atomic E-state index is 14.0. The topological polar surface area (TPSA) is 18.5 Å². The number of hydrogen-bond acceptors (Lipinski definition) is 2. The summed E-state index contributed by atoms with van der Waals surface area (Å²) in [6, 6.07) is 22.5. The van der Waals surface area contributed by atoms with Gasteiger partial charge in [0.05, 0.1) is 0 Å². The zero-order valence-electron chi connectivity index (χ0n) is 24.2. The molecule has 0 saturated heterocycles. The van der Waals surface area contributed by atoms with Gasteiger partial charge < -0.3 is 0 Å². The number of fused-ring (bicyclic) bond motifs is 10. The van der Waals surface area contributed by atoms with E-state index in [9.17, 15) is 26.3 Å². The predicted molar refractivity (Wildman–Crippen MR) is 155 cm³/mol. The van der Waals surface area contributed by atoms with Gasteiger partial charge in [0.2, 0.25) is 0 Å². The molecule has 0 radical (unpaired) electrons. The molecule has 2 atom stereocenters. The molecule has 0 saturated carbocycles. The Labute approximate surface area is 269 Å². The third-order valence-corrected chi connectivity index (χ3v) is 10.8. The second-order valence-corrected chi connectivity index (χ2v) is 13.0. The van der Waals surface area contributed by atoms with Crippen LogP contribution in [0.15, 0.2) is 96.1 Å². The van der Waals surface area contributed by atoms with Crippen molar-refractivity contribution in [3.8, 4) is 11.5 Å². The summed E-state index contributed by atoms with van der Waals surface area (Å²) in [5.74, 6) is -0.340. The third kappa shape index (κ3) is 5.17. The van der Waals surface area contributed by atoms with Crippen molar-refractivity contribution in [3.05, 3.63) is 141 Å². The molecule has 0 fully saturated rings. The molecule has 45 heavy (non-hydrogen) atoms. The van der Waals surface area contributed by atoms with E-state index in [0.29, 0.717) is 35.5 Å². The molecule has 0 amide bonds. The van der Waals surface area contributed by atoms with Crippen LogP contribution < -0.4 is 5.63 Å². The van der Waals surface area contributed by atoms with Crippen molar-refractivity contribution in [1.82, 2.24) is 0 Å². The molecular formula is C36H26F6O2Zr. The van der Waals surface area contributed by atoms with Crippen LogP contribution >= 0.6 is 0 Å². The second-order valence-electron chi connectivity index (χ2n) is 11.6. The molecule has 4 aromatic rings. The van der Waals surface area contributed by atoms with Gasteiger partial charge in [-0.05, 0) is 0 Å². The second kappa shape index (κ2) is 11.0. The summed E-state index contributed by atoms with van der Waals surface area (Å²) in [4.78, 5) is 0. The zero-order chi connectivity index (χ0) is 31.7. The number of allylic oxidation sites excluding steroid dienone is 4. The van der Waals surface area contributed by atoms with Crippen molar-refractivity contribution in [1.29, 1.82) is 0 Å². The van der Waals surface area contributed by atoms with Gasteiger partial charge in [0, 0.05) is 0 Å². The Morgan fingerprint density at radius 2 is 0.956 bits per heavy atom. The van der Waals surface area contributed by atoms with Crippen LogP contribution in [0.3, 0.4) is 0 Å². The molecule has 1 heterocycles. The Balaban J connectivity index is 1.44. The monoisotopic (exact) mass is 694 g/mol. The van der Waals surface area contributed by atoms with Gasteiger partial charge in [-0.2, -0.15) is 0 Å². The quantitative estimate of drug-likeness (QED) is 0.171. The molecule has 9 heteroatoms. The normalized spacial score (nSPS) is 19.3. The van der Waals surface area contributed by atoms with Crippen LogP contribution in [-0.2, 0) is 36.5 Å². The van der Waals surface area contributed by atoms with Gasteiger partial charge >= 0.3 is 270 Å². The van der Waals surface area contributed by atoms with E-state index in [1.807, 2.05) is 62.4 Å². The van der Waals surface area contributed by atoms with Crippen LogP contribution in [0.1, 0.15) is 83.0 Å². The third-order valence-electron chi connectivity index (χ3n) is 9.28. The molecule has 4 aromatic carbocycles. The molecule has 7 rings (SSSR count). The van der Waals surface area contributed by atoms with Gasteiger partial charge in [-0.1, -0.05) is 0 Å². The average Bonchev–Trinajstić information content (AvgIpc) is 3.45. The minimum absolute atomic E-state index is 0.301. The summed E-state index contributed by atoms with van der Waals surface area (Å²) in [6.07, 6.45) is -8.09. The van der Waals surface area contributed by atoms with Crippen LogP contribution in [0.25, 0.3) is 11.1 Å². The number of alkyl halides is 6. The molecule has 0 spiro atoms. The van der Waals surface area contributed by atoms with Crippen molar-refractivity contribution in [2.45, 2.75) is 50.9 Å². The van der Waals surface area contributed by atoms with E-state index in [2.05, 4.69) is 0 Å². The number of benzene rings is 4. The summed E-state index contributed by atoms with van der Waals surface area (Å²) in [6.45, 7) is 3.99. The molecule has 3 aliphatic rings. The molecule has 2 unspecified atom stereocenters. The van der Waals surface area contributed by atoms with E-state index in [1.54, 1.807) is 0 Å². The average molecular weight is 696 g/mol. The van der Waals surface area contributed by atoms with Gasteiger partial charge in [0.25, 0.3) is 0 Å². The first kappa shape index (κ1) is 30.1. The molecule has 0 bridgehead atoms. The van der Waals surface area contributed by atoms with Gasteiger partial charge in [-0.15, -0.1) is 0 Å². The van der Waals surface area contributed by atoms with Crippen molar-refractivity contribution in [2.75, 3.05) is 0 Å². The molecular weight excluding hydrogens is 670 g/mol. The summed E-state index contributed by atoms with van der Waals surface area (Å²) < 4.78 is 96.5. The molecule has 228 valence electrons. The maximum atomic E-state index is 14.0. The first-order chi connectivity index (χ1) is 21.4. The van der Waals surface area contributed by atoms with Crippen LogP contribution in [-0.4, -0.2) is 0 Å². The van der Waals surface area contributed by atoms with E-state index in [0.717, 1.165) is 56.7 Å². The Kier molecular flexibility index (Phi) is 7.39. The van der Waals surface area contributed by atoms with Crippen LogP contribution in [0.2, 0.25) is 0 Å². The minimum atomic E-state index is -4.55. The number of hydrogen-bond donors (Lipinski definition) is 0. The summed E-state index contributed by atoms with van der Waals surface area (Å²) in [7, 11) is 0. The van der Waals surface area contributed by atoms with Crippen LogP contribution in [0.4, 0.5) is 26.3 Å². The molecule has 0 aromatic heterocycles. The van der Waals surface area contributed by atoms with E-state index < -0.39 is 59.4 Å². The van der Waals surface area contributed by atoms with E-state index >= 15 is 0 Å². The molecule has 2 nitrogen and oxygen atoms in total. The summed E-state index contributed by atoms with van der Waals surface area (Å²) in [5, 5.41) is 0.